The van der Waals surface area contributed by atoms with Gasteiger partial charge in [0.25, 0.3) is 0 Å². The molecular weight excluding hydrogens is 316 g/mol. The van der Waals surface area contributed by atoms with Gasteiger partial charge in [-0.05, 0) is 43.2 Å². The van der Waals surface area contributed by atoms with Crippen LogP contribution in [0.1, 0.15) is 18.4 Å². The molecule has 0 saturated carbocycles. The van der Waals surface area contributed by atoms with Crippen LogP contribution < -0.4 is 10.1 Å². The van der Waals surface area contributed by atoms with Gasteiger partial charge in [0.15, 0.2) is 5.82 Å². The largest absolute Gasteiger partial charge is 0.493 e. The summed E-state index contributed by atoms with van der Waals surface area (Å²) < 4.78 is 7.34. The highest BCUT2D eigenvalue weighted by Crippen LogP contribution is 2.18. The second kappa shape index (κ2) is 8.10. The van der Waals surface area contributed by atoms with Crippen LogP contribution in [0, 0.1) is 6.92 Å². The van der Waals surface area contributed by atoms with Gasteiger partial charge in [-0.25, -0.2) is 9.67 Å². The van der Waals surface area contributed by atoms with Crippen LogP contribution in [0.4, 0.5) is 5.69 Å². The third-order valence-corrected chi connectivity index (χ3v) is 3.68. The molecule has 2 heterocycles. The van der Waals surface area contributed by atoms with E-state index in [2.05, 4.69) is 15.4 Å². The van der Waals surface area contributed by atoms with Gasteiger partial charge in [-0.3, -0.25) is 4.79 Å². The highest BCUT2D eigenvalue weighted by Gasteiger charge is 2.09. The van der Waals surface area contributed by atoms with Gasteiger partial charge < -0.3 is 10.1 Å². The van der Waals surface area contributed by atoms with Gasteiger partial charge in [0, 0.05) is 25.0 Å². The number of carbonyl (C=O) groups is 1. The molecule has 0 aliphatic carbocycles. The molecule has 0 bridgehead atoms. The van der Waals surface area contributed by atoms with Crippen LogP contribution in [-0.4, -0.2) is 27.3 Å². The van der Waals surface area contributed by atoms with E-state index in [4.69, 9.17) is 4.74 Å². The Morgan fingerprint density at radius 1 is 1.16 bits per heavy atom. The Labute approximate surface area is 146 Å². The zero-order valence-corrected chi connectivity index (χ0v) is 14.1. The molecule has 0 radical (unpaired) electrons. The number of pyridine rings is 1. The molecule has 2 aromatic heterocycles. The molecule has 1 aromatic carbocycles. The predicted molar refractivity (Wildman–Crippen MR) is 95.9 cm³/mol. The lowest BCUT2D eigenvalue weighted by molar-refractivity contribution is -0.116. The van der Waals surface area contributed by atoms with E-state index in [1.54, 1.807) is 29.3 Å². The van der Waals surface area contributed by atoms with Crippen LogP contribution in [0.25, 0.3) is 5.82 Å². The van der Waals surface area contributed by atoms with Crippen molar-refractivity contribution in [2.45, 2.75) is 19.8 Å². The number of carbonyl (C=O) groups excluding carboxylic acids is 1. The summed E-state index contributed by atoms with van der Waals surface area (Å²) in [5.41, 5.74) is 1.72. The first-order valence-corrected chi connectivity index (χ1v) is 8.17. The van der Waals surface area contributed by atoms with E-state index in [0.717, 1.165) is 11.3 Å². The number of anilines is 1. The smallest absolute Gasteiger partial charge is 0.224 e. The molecule has 6 heteroatoms. The fourth-order valence-corrected chi connectivity index (χ4v) is 2.42. The quantitative estimate of drug-likeness (QED) is 0.672. The molecule has 0 spiro atoms. The predicted octanol–water partition coefficient (Wildman–Crippen LogP) is 3.37. The summed E-state index contributed by atoms with van der Waals surface area (Å²) in [6, 6.07) is 13.2. The maximum atomic E-state index is 12.2. The molecule has 128 valence electrons. The number of para-hydroxylation sites is 1. The summed E-state index contributed by atoms with van der Waals surface area (Å²) in [5, 5.41) is 7.05. The Kier molecular flexibility index (Phi) is 5.41. The van der Waals surface area contributed by atoms with Crippen molar-refractivity contribution in [3.05, 3.63) is 66.6 Å². The summed E-state index contributed by atoms with van der Waals surface area (Å²) >= 11 is 0. The number of benzene rings is 1. The van der Waals surface area contributed by atoms with Crippen LogP contribution in [0.15, 0.2) is 61.1 Å². The van der Waals surface area contributed by atoms with Crippen molar-refractivity contribution in [2.75, 3.05) is 11.9 Å². The summed E-state index contributed by atoms with van der Waals surface area (Å²) in [4.78, 5) is 16.5. The minimum absolute atomic E-state index is 0.0743. The van der Waals surface area contributed by atoms with E-state index >= 15 is 0 Å². The molecule has 0 fully saturated rings. The number of amides is 1. The third-order valence-electron chi connectivity index (χ3n) is 3.68. The van der Waals surface area contributed by atoms with Crippen LogP contribution in [0.5, 0.6) is 5.75 Å². The first kappa shape index (κ1) is 16.7. The number of rotatable bonds is 7. The standard InChI is InChI=1S/C19H20N4O2/c1-15-7-2-3-9-17(15)25-14-5-10-18(24)22-16-8-4-11-20-19(16)23-13-6-12-21-23/h2-4,6-9,11-13H,5,10,14H2,1H3,(H,22,24). The normalized spacial score (nSPS) is 10.4. The van der Waals surface area contributed by atoms with Gasteiger partial charge in [0.05, 0.1) is 12.3 Å². The number of hydrogen-bond donors (Lipinski definition) is 1. The maximum Gasteiger partial charge on any atom is 0.224 e. The summed E-state index contributed by atoms with van der Waals surface area (Å²) in [6.07, 6.45) is 6.14. The van der Waals surface area contributed by atoms with Gasteiger partial charge in [0.1, 0.15) is 5.75 Å². The lowest BCUT2D eigenvalue weighted by Crippen LogP contribution is -2.15. The van der Waals surface area contributed by atoms with Crippen molar-refractivity contribution in [2.24, 2.45) is 0 Å². The first-order valence-electron chi connectivity index (χ1n) is 8.17. The van der Waals surface area contributed by atoms with Gasteiger partial charge in [-0.15, -0.1) is 0 Å². The van der Waals surface area contributed by atoms with Gasteiger partial charge in [-0.2, -0.15) is 5.10 Å². The molecular formula is C19H20N4O2. The van der Waals surface area contributed by atoms with Crippen molar-refractivity contribution in [1.82, 2.24) is 14.8 Å². The second-order valence-electron chi connectivity index (χ2n) is 5.59. The van der Waals surface area contributed by atoms with Crippen molar-refractivity contribution in [1.29, 1.82) is 0 Å². The van der Waals surface area contributed by atoms with E-state index in [0.29, 0.717) is 31.0 Å². The lowest BCUT2D eigenvalue weighted by Gasteiger charge is -2.11. The molecule has 0 saturated heterocycles. The maximum absolute atomic E-state index is 12.2. The van der Waals surface area contributed by atoms with Crippen LogP contribution in [-0.2, 0) is 4.79 Å². The van der Waals surface area contributed by atoms with E-state index in [1.165, 1.54) is 0 Å². The molecule has 0 atom stereocenters. The Morgan fingerprint density at radius 3 is 2.84 bits per heavy atom. The highest BCUT2D eigenvalue weighted by atomic mass is 16.5. The second-order valence-corrected chi connectivity index (χ2v) is 5.59. The molecule has 0 aliphatic rings. The Bertz CT molecular complexity index is 831. The first-order chi connectivity index (χ1) is 12.2. The fourth-order valence-electron chi connectivity index (χ4n) is 2.42. The van der Waals surface area contributed by atoms with E-state index in [1.807, 2.05) is 43.3 Å². The average Bonchev–Trinajstić information content (AvgIpc) is 3.15. The summed E-state index contributed by atoms with van der Waals surface area (Å²) in [5.74, 6) is 1.38. The molecule has 3 rings (SSSR count). The Balaban J connectivity index is 1.51. The third kappa shape index (κ3) is 4.44. The lowest BCUT2D eigenvalue weighted by atomic mass is 10.2. The number of hydrogen-bond acceptors (Lipinski definition) is 4. The molecule has 1 amide bonds. The minimum Gasteiger partial charge on any atom is -0.493 e. The topological polar surface area (TPSA) is 69.0 Å². The van der Waals surface area contributed by atoms with Crippen LogP contribution in [0.3, 0.4) is 0 Å². The number of ether oxygens (including phenoxy) is 1. The number of nitrogens with one attached hydrogen (secondary N) is 1. The molecule has 3 aromatic rings. The zero-order valence-electron chi connectivity index (χ0n) is 14.1. The summed E-state index contributed by atoms with van der Waals surface area (Å²) in [7, 11) is 0. The van der Waals surface area contributed by atoms with E-state index in [-0.39, 0.29) is 5.91 Å². The van der Waals surface area contributed by atoms with Gasteiger partial charge >= 0.3 is 0 Å². The van der Waals surface area contributed by atoms with E-state index < -0.39 is 0 Å². The van der Waals surface area contributed by atoms with Gasteiger partial charge in [0.2, 0.25) is 5.91 Å². The highest BCUT2D eigenvalue weighted by molar-refractivity contribution is 5.92. The molecule has 1 N–H and O–H groups in total. The average molecular weight is 336 g/mol. The van der Waals surface area contributed by atoms with Crippen molar-refractivity contribution < 1.29 is 9.53 Å². The van der Waals surface area contributed by atoms with Crippen LogP contribution in [0.2, 0.25) is 0 Å². The van der Waals surface area contributed by atoms with Crippen molar-refractivity contribution in [3.8, 4) is 11.6 Å². The number of nitrogens with zero attached hydrogens (tertiary/aromatic N) is 3. The fraction of sp³-hybridized carbons (Fsp3) is 0.211. The summed E-state index contributed by atoms with van der Waals surface area (Å²) in [6.45, 7) is 2.50. The van der Waals surface area contributed by atoms with E-state index in [9.17, 15) is 4.79 Å². The van der Waals surface area contributed by atoms with Crippen molar-refractivity contribution >= 4 is 11.6 Å². The molecule has 25 heavy (non-hydrogen) atoms. The minimum atomic E-state index is -0.0743. The number of aryl methyl sites for hydroxylation is 1. The Morgan fingerprint density at radius 2 is 2.04 bits per heavy atom. The molecule has 0 aliphatic heterocycles. The number of aromatic nitrogens is 3. The Hall–Kier alpha value is -3.15. The van der Waals surface area contributed by atoms with Gasteiger partial charge in [-0.1, -0.05) is 18.2 Å². The van der Waals surface area contributed by atoms with Crippen molar-refractivity contribution in [3.63, 3.8) is 0 Å². The van der Waals surface area contributed by atoms with Crippen LogP contribution >= 0.6 is 0 Å². The monoisotopic (exact) mass is 336 g/mol. The SMILES string of the molecule is Cc1ccccc1OCCCC(=O)Nc1cccnc1-n1cccn1. The zero-order chi connectivity index (χ0) is 17.5. The molecule has 6 nitrogen and oxygen atoms in total. The molecule has 0 unspecified atom stereocenters.